The Bertz CT molecular complexity index is 632. The largest absolute Gasteiger partial charge is 0.462 e. The second-order valence-electron chi connectivity index (χ2n) is 4.12. The number of carbonyl (C=O) groups excluding carboxylic acids is 1. The Balaban J connectivity index is 2.78. The van der Waals surface area contributed by atoms with Crippen molar-refractivity contribution in [3.8, 4) is 0 Å². The molecule has 0 aromatic heterocycles. The molecule has 0 aliphatic heterocycles. The first-order valence-corrected chi connectivity index (χ1v) is 11.8. The molecule has 118 valence electrons. The lowest BCUT2D eigenvalue weighted by atomic mass is 10.2. The van der Waals surface area contributed by atoms with Gasteiger partial charge in [0.15, 0.2) is 0 Å². The molecule has 0 spiro atoms. The minimum atomic E-state index is -4.07. The molecule has 1 N–H and O–H groups in total. The molecular weight excluding hydrogens is 752 g/mol. The van der Waals surface area contributed by atoms with Crippen LogP contribution in [0.3, 0.4) is 0 Å². The van der Waals surface area contributed by atoms with Crippen molar-refractivity contribution in [2.45, 2.75) is 0 Å². The Kier molecular flexibility index (Phi) is 8.93. The van der Waals surface area contributed by atoms with Gasteiger partial charge in [-0.3, -0.25) is 4.55 Å². The molecule has 1 aromatic rings. The van der Waals surface area contributed by atoms with Gasteiger partial charge in [-0.2, -0.15) is 8.42 Å². The fourth-order valence-electron chi connectivity index (χ4n) is 1.41. The van der Waals surface area contributed by atoms with E-state index in [1.165, 1.54) is 0 Å². The average Bonchev–Trinajstić information content (AvgIpc) is 2.37. The molecule has 1 atom stereocenters. The van der Waals surface area contributed by atoms with Gasteiger partial charge in [-0.1, -0.05) is 22.6 Å². The van der Waals surface area contributed by atoms with Gasteiger partial charge in [-0.25, -0.2) is 4.79 Å². The molecule has 0 aliphatic carbocycles. The van der Waals surface area contributed by atoms with Gasteiger partial charge in [0.1, 0.15) is 0 Å². The van der Waals surface area contributed by atoms with Crippen molar-refractivity contribution in [2.75, 3.05) is 16.8 Å². The van der Waals surface area contributed by atoms with Gasteiger partial charge in [0.25, 0.3) is 10.1 Å². The molecule has 1 rings (SSSR count). The number of benzene rings is 1. The molecule has 10 heteroatoms. The lowest BCUT2D eigenvalue weighted by Crippen LogP contribution is -2.23. The van der Waals surface area contributed by atoms with Crippen LogP contribution in [0.4, 0.5) is 0 Å². The molecule has 0 aliphatic rings. The number of ether oxygens (including phenoxy) is 1. The van der Waals surface area contributed by atoms with Gasteiger partial charge in [0.2, 0.25) is 0 Å². The third-order valence-electron chi connectivity index (χ3n) is 2.33. The molecule has 21 heavy (non-hydrogen) atoms. The van der Waals surface area contributed by atoms with E-state index in [4.69, 9.17) is 9.29 Å². The first-order valence-electron chi connectivity index (χ1n) is 5.47. The van der Waals surface area contributed by atoms with Gasteiger partial charge in [0.05, 0.1) is 17.9 Å². The number of carbonyl (C=O) groups is 1. The summed E-state index contributed by atoms with van der Waals surface area (Å²) in [6, 6.07) is 3.68. The first kappa shape index (κ1) is 20.6. The fourth-order valence-corrected chi connectivity index (χ4v) is 5.59. The highest BCUT2D eigenvalue weighted by Crippen LogP contribution is 2.23. The third-order valence-corrected chi connectivity index (χ3v) is 8.13. The minimum Gasteiger partial charge on any atom is -0.462 e. The summed E-state index contributed by atoms with van der Waals surface area (Å²) in [7, 11) is -4.07. The van der Waals surface area contributed by atoms with Crippen LogP contribution >= 0.6 is 90.4 Å². The lowest BCUT2D eigenvalue weighted by molar-refractivity contribution is 0.0461. The zero-order valence-electron chi connectivity index (χ0n) is 10.4. The van der Waals surface area contributed by atoms with Crippen molar-refractivity contribution in [1.29, 1.82) is 0 Å². The van der Waals surface area contributed by atoms with Crippen LogP contribution < -0.4 is 0 Å². The van der Waals surface area contributed by atoms with E-state index in [2.05, 4.69) is 67.8 Å². The van der Waals surface area contributed by atoms with E-state index < -0.39 is 27.8 Å². The van der Waals surface area contributed by atoms with Crippen molar-refractivity contribution in [2.24, 2.45) is 5.92 Å². The highest BCUT2D eigenvalue weighted by Gasteiger charge is 2.20. The van der Waals surface area contributed by atoms with E-state index in [0.717, 1.165) is 10.7 Å². The standard InChI is InChI=1S/C11H10I4O5S/c12-3-6(5-21(17,18)19)4-20-11(16)8-1-7(13)2-9(14)10(8)15/h1-2,6H,3-5H2,(H,17,18,19). The normalized spacial score (nSPS) is 13.0. The summed E-state index contributed by atoms with van der Waals surface area (Å²) in [5, 5.41) is 0. The second-order valence-corrected chi connectivity index (χ2v) is 9.98. The van der Waals surface area contributed by atoms with Crippen molar-refractivity contribution < 1.29 is 22.5 Å². The summed E-state index contributed by atoms with van der Waals surface area (Å²) in [6.45, 7) is -0.0420. The van der Waals surface area contributed by atoms with Crippen LogP contribution in [0.5, 0.6) is 0 Å². The van der Waals surface area contributed by atoms with Crippen LogP contribution in [0.1, 0.15) is 10.4 Å². The summed E-state index contributed by atoms with van der Waals surface area (Å²) in [5.74, 6) is -1.32. The summed E-state index contributed by atoms with van der Waals surface area (Å²) >= 11 is 8.33. The number of hydrogen-bond donors (Lipinski definition) is 1. The maximum absolute atomic E-state index is 12.1. The van der Waals surface area contributed by atoms with Gasteiger partial charge in [0, 0.05) is 21.1 Å². The Morgan fingerprint density at radius 2 is 1.90 bits per heavy atom. The van der Waals surface area contributed by atoms with Gasteiger partial charge < -0.3 is 4.74 Å². The van der Waals surface area contributed by atoms with Crippen molar-refractivity contribution in [1.82, 2.24) is 0 Å². The molecule has 0 amide bonds. The Hall–Kier alpha value is 1.52. The zero-order chi connectivity index (χ0) is 16.2. The molecule has 0 radical (unpaired) electrons. The average molecular weight is 762 g/mol. The number of rotatable bonds is 6. The fraction of sp³-hybridized carbons (Fsp3) is 0.364. The highest BCUT2D eigenvalue weighted by molar-refractivity contribution is 14.1. The molecule has 0 fully saturated rings. The molecule has 1 aromatic carbocycles. The monoisotopic (exact) mass is 762 g/mol. The van der Waals surface area contributed by atoms with Crippen molar-refractivity contribution in [3.05, 3.63) is 28.4 Å². The summed E-state index contributed by atoms with van der Waals surface area (Å²) in [5.41, 5.74) is 0.464. The van der Waals surface area contributed by atoms with E-state index in [1.807, 2.05) is 28.7 Å². The third kappa shape index (κ3) is 7.30. The predicted molar refractivity (Wildman–Crippen MR) is 114 cm³/mol. The smallest absolute Gasteiger partial charge is 0.339 e. The summed E-state index contributed by atoms with van der Waals surface area (Å²) in [4.78, 5) is 12.1. The summed E-state index contributed by atoms with van der Waals surface area (Å²) in [6.07, 6.45) is 0. The molecule has 1 unspecified atom stereocenters. The van der Waals surface area contributed by atoms with Crippen LogP contribution in [0.25, 0.3) is 0 Å². The minimum absolute atomic E-state index is 0.0420. The molecule has 0 saturated carbocycles. The van der Waals surface area contributed by atoms with Crippen molar-refractivity contribution in [3.63, 3.8) is 0 Å². The summed E-state index contributed by atoms with van der Waals surface area (Å²) < 4.78 is 38.9. The lowest BCUT2D eigenvalue weighted by Gasteiger charge is -2.13. The molecule has 5 nitrogen and oxygen atoms in total. The van der Waals surface area contributed by atoms with E-state index in [1.54, 1.807) is 6.07 Å². The van der Waals surface area contributed by atoms with Crippen LogP contribution in [-0.4, -0.2) is 35.7 Å². The van der Waals surface area contributed by atoms with Crippen LogP contribution in [0, 0.1) is 16.6 Å². The van der Waals surface area contributed by atoms with Crippen molar-refractivity contribution >= 4 is 106 Å². The van der Waals surface area contributed by atoms with E-state index >= 15 is 0 Å². The maximum atomic E-state index is 12.1. The number of halogens is 4. The maximum Gasteiger partial charge on any atom is 0.339 e. The highest BCUT2D eigenvalue weighted by atomic mass is 127. The van der Waals surface area contributed by atoms with Gasteiger partial charge in [-0.15, -0.1) is 0 Å². The number of hydrogen-bond acceptors (Lipinski definition) is 4. The van der Waals surface area contributed by atoms with E-state index in [-0.39, 0.29) is 6.61 Å². The molecule has 0 saturated heterocycles. The quantitative estimate of drug-likeness (QED) is 0.158. The molecule has 0 bridgehead atoms. The number of esters is 1. The molecule has 0 heterocycles. The first-order chi connectivity index (χ1) is 9.64. The Labute approximate surface area is 177 Å². The van der Waals surface area contributed by atoms with Crippen LogP contribution in [0.2, 0.25) is 0 Å². The predicted octanol–water partition coefficient (Wildman–Crippen LogP) is 3.60. The molecular formula is C11H10I4O5S. The zero-order valence-corrected chi connectivity index (χ0v) is 19.8. The number of alkyl halides is 1. The SMILES string of the molecule is O=C(OCC(CI)CS(=O)(=O)O)c1cc(I)cc(I)c1I. The van der Waals surface area contributed by atoms with Gasteiger partial charge in [-0.05, 0) is 79.9 Å². The van der Waals surface area contributed by atoms with E-state index in [0.29, 0.717) is 9.99 Å². The van der Waals surface area contributed by atoms with Gasteiger partial charge >= 0.3 is 5.97 Å². The second kappa shape index (κ2) is 9.12. The Morgan fingerprint density at radius 3 is 2.43 bits per heavy atom. The Morgan fingerprint density at radius 1 is 1.29 bits per heavy atom. The van der Waals surface area contributed by atoms with Crippen LogP contribution in [-0.2, 0) is 14.9 Å². The van der Waals surface area contributed by atoms with Crippen LogP contribution in [0.15, 0.2) is 12.1 Å². The van der Waals surface area contributed by atoms with E-state index in [9.17, 15) is 13.2 Å². The topological polar surface area (TPSA) is 80.7 Å².